The van der Waals surface area contributed by atoms with Gasteiger partial charge >= 0.3 is 0 Å². The van der Waals surface area contributed by atoms with Gasteiger partial charge in [-0.2, -0.15) is 0 Å². The maximum Gasteiger partial charge on any atom is 0.275 e. The van der Waals surface area contributed by atoms with Gasteiger partial charge < -0.3 is 24.6 Å². The first-order chi connectivity index (χ1) is 13.6. The monoisotopic (exact) mass is 391 g/mol. The number of methoxy groups -OCH3 is 2. The Bertz CT molecular complexity index is 644. The molecule has 2 aliphatic rings. The number of carbonyl (C=O) groups is 1. The second kappa shape index (κ2) is 10.1. The SMILES string of the molecule is COc1ccc(OC)c(C[NH+]2CC[NH+](CC(=O)N[C@H]3CCCC[C@H]3C)CC2)c1. The number of carbonyl (C=O) groups excluding carboxylic acids is 1. The topological polar surface area (TPSA) is 56.4 Å². The Hall–Kier alpha value is -1.79. The lowest BCUT2D eigenvalue weighted by molar-refractivity contribution is -1.02. The first-order valence-corrected chi connectivity index (χ1v) is 10.8. The van der Waals surface area contributed by atoms with Crippen molar-refractivity contribution < 1.29 is 24.1 Å². The van der Waals surface area contributed by atoms with Gasteiger partial charge in [-0.3, -0.25) is 4.79 Å². The highest BCUT2D eigenvalue weighted by atomic mass is 16.5. The maximum atomic E-state index is 12.5. The molecule has 0 spiro atoms. The summed E-state index contributed by atoms with van der Waals surface area (Å²) in [6.07, 6.45) is 4.94. The minimum atomic E-state index is 0.228. The van der Waals surface area contributed by atoms with Crippen LogP contribution in [0.25, 0.3) is 0 Å². The van der Waals surface area contributed by atoms with E-state index in [0.29, 0.717) is 18.5 Å². The minimum absolute atomic E-state index is 0.228. The highest BCUT2D eigenvalue weighted by Crippen LogP contribution is 2.24. The van der Waals surface area contributed by atoms with E-state index in [1.54, 1.807) is 14.2 Å². The van der Waals surface area contributed by atoms with Gasteiger partial charge in [0.15, 0.2) is 6.54 Å². The van der Waals surface area contributed by atoms with Crippen molar-refractivity contribution in [1.82, 2.24) is 5.32 Å². The standard InChI is InChI=1S/C22H35N3O3/c1-17-6-4-5-7-20(17)23-22(26)16-25-12-10-24(11-13-25)15-18-14-19(27-2)8-9-21(18)28-3/h8-9,14,17,20H,4-7,10-13,15-16H2,1-3H3,(H,23,26)/p+2/t17-,20+/m1/s1. The van der Waals surface area contributed by atoms with Gasteiger partial charge in [-0.15, -0.1) is 0 Å². The van der Waals surface area contributed by atoms with Crippen molar-refractivity contribution in [2.75, 3.05) is 46.9 Å². The number of quaternary nitrogens is 2. The molecular weight excluding hydrogens is 354 g/mol. The molecular formula is C22H37N3O3+2. The summed E-state index contributed by atoms with van der Waals surface area (Å²) < 4.78 is 10.9. The molecule has 3 rings (SSSR count). The van der Waals surface area contributed by atoms with Gasteiger partial charge in [0.2, 0.25) is 0 Å². The molecule has 1 aliphatic carbocycles. The molecule has 1 aliphatic heterocycles. The van der Waals surface area contributed by atoms with Crippen molar-refractivity contribution >= 4 is 5.91 Å². The van der Waals surface area contributed by atoms with Gasteiger partial charge in [0.05, 0.1) is 19.8 Å². The Morgan fingerprint density at radius 1 is 1.07 bits per heavy atom. The van der Waals surface area contributed by atoms with E-state index in [9.17, 15) is 4.79 Å². The summed E-state index contributed by atoms with van der Waals surface area (Å²) in [7, 11) is 3.41. The molecule has 2 fully saturated rings. The van der Waals surface area contributed by atoms with Gasteiger partial charge in [-0.05, 0) is 37.0 Å². The zero-order valence-corrected chi connectivity index (χ0v) is 17.7. The summed E-state index contributed by atoms with van der Waals surface area (Å²) in [5, 5.41) is 3.30. The van der Waals surface area contributed by atoms with Crippen molar-refractivity contribution in [1.29, 1.82) is 0 Å². The summed E-state index contributed by atoms with van der Waals surface area (Å²) in [5.41, 5.74) is 1.18. The molecule has 0 unspecified atom stereocenters. The average Bonchev–Trinajstić information content (AvgIpc) is 2.71. The highest BCUT2D eigenvalue weighted by molar-refractivity contribution is 5.77. The maximum absolute atomic E-state index is 12.5. The second-order valence-electron chi connectivity index (χ2n) is 8.47. The lowest BCUT2D eigenvalue weighted by Crippen LogP contribution is -3.28. The zero-order chi connectivity index (χ0) is 19.9. The Labute approximate surface area is 169 Å². The predicted molar refractivity (Wildman–Crippen MR) is 109 cm³/mol. The molecule has 1 saturated carbocycles. The van der Waals surface area contributed by atoms with Gasteiger partial charge in [-0.25, -0.2) is 0 Å². The van der Waals surface area contributed by atoms with Gasteiger partial charge in [0, 0.05) is 6.04 Å². The van der Waals surface area contributed by atoms with Crippen LogP contribution in [0.3, 0.4) is 0 Å². The lowest BCUT2D eigenvalue weighted by atomic mass is 9.86. The molecule has 1 aromatic rings. The molecule has 0 radical (unpaired) electrons. The third kappa shape index (κ3) is 5.61. The molecule has 1 aromatic carbocycles. The molecule has 0 aromatic heterocycles. The first kappa shape index (κ1) is 20.9. The third-order valence-corrected chi connectivity index (χ3v) is 6.46. The zero-order valence-electron chi connectivity index (χ0n) is 17.7. The van der Waals surface area contributed by atoms with Crippen LogP contribution >= 0.6 is 0 Å². The number of ether oxygens (including phenoxy) is 2. The number of rotatable bonds is 7. The fourth-order valence-electron chi connectivity index (χ4n) is 4.62. The van der Waals surface area contributed by atoms with Crippen LogP contribution < -0.4 is 24.6 Å². The molecule has 0 bridgehead atoms. The second-order valence-corrected chi connectivity index (χ2v) is 8.47. The van der Waals surface area contributed by atoms with E-state index < -0.39 is 0 Å². The molecule has 6 nitrogen and oxygen atoms in total. The first-order valence-electron chi connectivity index (χ1n) is 10.8. The van der Waals surface area contributed by atoms with E-state index >= 15 is 0 Å². The summed E-state index contributed by atoms with van der Waals surface area (Å²) in [4.78, 5) is 15.4. The van der Waals surface area contributed by atoms with Crippen molar-refractivity contribution in [3.8, 4) is 11.5 Å². The van der Waals surface area contributed by atoms with Crippen molar-refractivity contribution in [2.24, 2.45) is 5.92 Å². The van der Waals surface area contributed by atoms with Gasteiger partial charge in [-0.1, -0.05) is 19.8 Å². The summed E-state index contributed by atoms with van der Waals surface area (Å²) >= 11 is 0. The molecule has 28 heavy (non-hydrogen) atoms. The van der Waals surface area contributed by atoms with E-state index in [4.69, 9.17) is 9.47 Å². The molecule has 1 amide bonds. The van der Waals surface area contributed by atoms with Gasteiger partial charge in [0.1, 0.15) is 44.2 Å². The largest absolute Gasteiger partial charge is 0.497 e. The summed E-state index contributed by atoms with van der Waals surface area (Å²) in [6.45, 7) is 8.03. The van der Waals surface area contributed by atoms with Crippen LogP contribution in [0.2, 0.25) is 0 Å². The van der Waals surface area contributed by atoms with E-state index in [0.717, 1.165) is 50.6 Å². The number of amides is 1. The van der Waals surface area contributed by atoms with Crippen LogP contribution in [-0.2, 0) is 11.3 Å². The number of benzene rings is 1. The minimum Gasteiger partial charge on any atom is -0.497 e. The molecule has 3 N–H and O–H groups in total. The van der Waals surface area contributed by atoms with Crippen LogP contribution in [0.15, 0.2) is 18.2 Å². The average molecular weight is 392 g/mol. The Balaban J connectivity index is 1.45. The van der Waals surface area contributed by atoms with E-state index in [1.807, 2.05) is 12.1 Å². The van der Waals surface area contributed by atoms with Crippen LogP contribution in [0.1, 0.15) is 38.2 Å². The fourth-order valence-corrected chi connectivity index (χ4v) is 4.62. The molecule has 2 atom stereocenters. The lowest BCUT2D eigenvalue weighted by Gasteiger charge is -2.32. The molecule has 1 saturated heterocycles. The van der Waals surface area contributed by atoms with Crippen LogP contribution in [-0.4, -0.2) is 58.9 Å². The smallest absolute Gasteiger partial charge is 0.275 e. The summed E-state index contributed by atoms with van der Waals surface area (Å²) in [5.74, 6) is 2.63. The Kier molecular flexibility index (Phi) is 7.57. The fraction of sp³-hybridized carbons (Fsp3) is 0.682. The van der Waals surface area contributed by atoms with Crippen molar-refractivity contribution in [3.63, 3.8) is 0 Å². The normalized spacial score (nSPS) is 27.8. The molecule has 1 heterocycles. The number of piperazine rings is 1. The predicted octanol–water partition coefficient (Wildman–Crippen LogP) is -0.318. The third-order valence-electron chi connectivity index (χ3n) is 6.46. The summed E-state index contributed by atoms with van der Waals surface area (Å²) in [6, 6.07) is 6.37. The van der Waals surface area contributed by atoms with Gasteiger partial charge in [0.25, 0.3) is 5.91 Å². The van der Waals surface area contributed by atoms with E-state index in [2.05, 4.69) is 18.3 Å². The van der Waals surface area contributed by atoms with Crippen LogP contribution in [0, 0.1) is 5.92 Å². The number of nitrogens with one attached hydrogen (secondary N) is 3. The van der Waals surface area contributed by atoms with E-state index in [1.165, 1.54) is 34.6 Å². The highest BCUT2D eigenvalue weighted by Gasteiger charge is 2.28. The van der Waals surface area contributed by atoms with Crippen LogP contribution in [0.5, 0.6) is 11.5 Å². The van der Waals surface area contributed by atoms with Crippen LogP contribution in [0.4, 0.5) is 0 Å². The Morgan fingerprint density at radius 3 is 2.46 bits per heavy atom. The van der Waals surface area contributed by atoms with Crippen molar-refractivity contribution in [2.45, 2.75) is 45.2 Å². The number of hydrogen-bond donors (Lipinski definition) is 3. The quantitative estimate of drug-likeness (QED) is 0.597. The van der Waals surface area contributed by atoms with Crippen molar-refractivity contribution in [3.05, 3.63) is 23.8 Å². The molecule has 6 heteroatoms. The van der Waals surface area contributed by atoms with E-state index in [-0.39, 0.29) is 5.91 Å². The number of hydrogen-bond acceptors (Lipinski definition) is 3. The molecule has 156 valence electrons. The Morgan fingerprint density at radius 2 is 1.79 bits per heavy atom.